The zero-order valence-corrected chi connectivity index (χ0v) is 42.4. The Balaban J connectivity index is 3.56. The quantitative estimate of drug-likeness (QED) is 0.0238. The van der Waals surface area contributed by atoms with Crippen LogP contribution in [0.25, 0.3) is 0 Å². The molecule has 0 saturated carbocycles. The molecule has 0 aliphatic carbocycles. The molecular weight excluding hydrogens is 822 g/mol. The number of aliphatic hydroxyl groups excluding tert-OH is 1. The maximum Gasteiger partial charge on any atom is 0.472 e. The Kier molecular flexibility index (Phi) is 48.8. The molecule has 10 heteroatoms. The number of phosphoric acid groups is 1. The van der Waals surface area contributed by atoms with E-state index in [1.807, 2.05) is 0 Å². The van der Waals surface area contributed by atoms with Crippen LogP contribution >= 0.6 is 7.82 Å². The number of phosphoric ester groups is 1. The minimum Gasteiger partial charge on any atom is -0.463 e. The van der Waals surface area contributed by atoms with Crippen LogP contribution in [0.4, 0.5) is 0 Å². The number of hydrogen-bond acceptors (Lipinski definition) is 7. The van der Waals surface area contributed by atoms with Crippen molar-refractivity contribution in [2.75, 3.05) is 26.4 Å². The molecule has 0 aromatic rings. The van der Waals surface area contributed by atoms with Crippen LogP contribution in [0.2, 0.25) is 0 Å². The second kappa shape index (κ2) is 50.4. The summed E-state index contributed by atoms with van der Waals surface area (Å²) < 4.78 is 27.0. The smallest absolute Gasteiger partial charge is 0.463 e. The van der Waals surface area contributed by atoms with E-state index in [1.54, 1.807) is 0 Å². The molecule has 2 atom stereocenters. The number of unbranched alkanes of at least 4 members (excludes halogenated alkanes) is 29. The standard InChI is InChI=1S/C54H100NO8P/c1-3-5-7-9-11-13-15-17-19-21-23-24-25-26-27-29-31-33-35-37-39-41-43-45-47-54(58)61-50-52(56)51-63-64(59,60)62-49-48-55-53(57)46-44-42-40-38-36-34-32-30-28-22-20-18-16-14-12-10-8-6-4-2/h12,14,18,20,28,30,34,36,52,56H,3-11,13,15-17,19,21-27,29,31-33,35,37-51H2,1-2H3,(H,55,57)(H,59,60)/b14-12-,20-18-,30-28-,36-34-. The fourth-order valence-corrected chi connectivity index (χ4v) is 8.24. The van der Waals surface area contributed by atoms with Crippen LogP contribution in [0, 0.1) is 0 Å². The monoisotopic (exact) mass is 922 g/mol. The van der Waals surface area contributed by atoms with Gasteiger partial charge in [-0.1, -0.05) is 229 Å². The number of rotatable bonds is 50. The summed E-state index contributed by atoms with van der Waals surface area (Å²) >= 11 is 0. The number of hydrogen-bond donors (Lipinski definition) is 3. The van der Waals surface area contributed by atoms with E-state index in [4.69, 9.17) is 13.8 Å². The van der Waals surface area contributed by atoms with E-state index >= 15 is 0 Å². The van der Waals surface area contributed by atoms with Gasteiger partial charge in [0.25, 0.3) is 0 Å². The average Bonchev–Trinajstić information content (AvgIpc) is 3.28. The van der Waals surface area contributed by atoms with Crippen molar-refractivity contribution in [3.05, 3.63) is 48.6 Å². The zero-order chi connectivity index (χ0) is 46.7. The summed E-state index contributed by atoms with van der Waals surface area (Å²) in [6.07, 6.45) is 60.6. The molecule has 64 heavy (non-hydrogen) atoms. The van der Waals surface area contributed by atoms with E-state index in [0.29, 0.717) is 6.42 Å². The molecular formula is C54H100NO8P. The predicted molar refractivity (Wildman–Crippen MR) is 270 cm³/mol. The van der Waals surface area contributed by atoms with Gasteiger partial charge in [-0.25, -0.2) is 4.57 Å². The SMILES string of the molecule is CCCCC/C=C\C/C=C\C/C=C\C/C=C\CCCCCC(=O)NCCOP(=O)(O)OCC(O)COC(=O)CCCCCCCCCCCCCCCCCCCCCCCCCC. The predicted octanol–water partition coefficient (Wildman–Crippen LogP) is 15.8. The molecule has 1 amide bonds. The minimum atomic E-state index is -4.43. The Morgan fingerprint density at radius 3 is 1.30 bits per heavy atom. The van der Waals surface area contributed by atoms with Crippen LogP contribution in [0.1, 0.15) is 251 Å². The lowest BCUT2D eigenvalue weighted by atomic mass is 10.0. The molecule has 0 aromatic heterocycles. The van der Waals surface area contributed by atoms with Gasteiger partial charge >= 0.3 is 13.8 Å². The lowest BCUT2D eigenvalue weighted by molar-refractivity contribution is -0.147. The highest BCUT2D eigenvalue weighted by molar-refractivity contribution is 7.47. The van der Waals surface area contributed by atoms with Gasteiger partial charge < -0.3 is 20.1 Å². The first-order valence-electron chi connectivity index (χ1n) is 26.6. The largest absolute Gasteiger partial charge is 0.472 e. The van der Waals surface area contributed by atoms with Crippen LogP contribution in [0.15, 0.2) is 48.6 Å². The summed E-state index contributed by atoms with van der Waals surface area (Å²) in [5, 5.41) is 12.7. The molecule has 0 aromatic carbocycles. The van der Waals surface area contributed by atoms with Crippen LogP contribution in [-0.2, 0) is 27.9 Å². The molecule has 0 fully saturated rings. The second-order valence-corrected chi connectivity index (χ2v) is 19.3. The van der Waals surface area contributed by atoms with Crippen molar-refractivity contribution in [3.8, 4) is 0 Å². The summed E-state index contributed by atoms with van der Waals surface area (Å²) in [6, 6.07) is 0. The van der Waals surface area contributed by atoms with E-state index in [9.17, 15) is 24.2 Å². The minimum absolute atomic E-state index is 0.0642. The van der Waals surface area contributed by atoms with Gasteiger partial charge in [0.15, 0.2) is 0 Å². The van der Waals surface area contributed by atoms with Crippen molar-refractivity contribution < 1.29 is 37.9 Å². The number of nitrogens with one attached hydrogen (secondary N) is 1. The summed E-state index contributed by atoms with van der Waals surface area (Å²) in [6.45, 7) is 3.52. The number of esters is 1. The summed E-state index contributed by atoms with van der Waals surface area (Å²) in [5.41, 5.74) is 0. The van der Waals surface area contributed by atoms with Crippen molar-refractivity contribution >= 4 is 19.7 Å². The second-order valence-electron chi connectivity index (χ2n) is 17.9. The number of carbonyl (C=O) groups is 2. The van der Waals surface area contributed by atoms with E-state index < -0.39 is 26.5 Å². The normalized spacial score (nSPS) is 13.5. The Bertz CT molecular complexity index is 1190. The molecule has 0 aliphatic rings. The lowest BCUT2D eigenvalue weighted by Gasteiger charge is -2.15. The zero-order valence-electron chi connectivity index (χ0n) is 41.5. The molecule has 0 bridgehead atoms. The summed E-state index contributed by atoms with van der Waals surface area (Å²) in [7, 11) is -4.43. The van der Waals surface area contributed by atoms with Gasteiger partial charge in [-0.3, -0.25) is 18.6 Å². The molecule has 9 nitrogen and oxygen atoms in total. The molecule has 0 radical (unpaired) electrons. The molecule has 0 spiro atoms. The maximum absolute atomic E-state index is 12.2. The summed E-state index contributed by atoms with van der Waals surface area (Å²) in [5.74, 6) is -0.540. The molecule has 0 heterocycles. The number of carbonyl (C=O) groups excluding carboxylic acids is 2. The first-order valence-corrected chi connectivity index (χ1v) is 28.1. The van der Waals surface area contributed by atoms with Gasteiger partial charge in [0.2, 0.25) is 5.91 Å². The number of amides is 1. The summed E-state index contributed by atoms with van der Waals surface area (Å²) in [4.78, 5) is 34.1. The Hall–Kier alpha value is -2.03. The van der Waals surface area contributed by atoms with Crippen molar-refractivity contribution in [3.63, 3.8) is 0 Å². The van der Waals surface area contributed by atoms with Crippen LogP contribution in [0.5, 0.6) is 0 Å². The highest BCUT2D eigenvalue weighted by Gasteiger charge is 2.23. The Morgan fingerprint density at radius 2 is 0.844 bits per heavy atom. The molecule has 374 valence electrons. The topological polar surface area (TPSA) is 131 Å². The Morgan fingerprint density at radius 1 is 0.484 bits per heavy atom. The van der Waals surface area contributed by atoms with Crippen LogP contribution in [0.3, 0.4) is 0 Å². The van der Waals surface area contributed by atoms with Crippen molar-refractivity contribution in [2.24, 2.45) is 0 Å². The van der Waals surface area contributed by atoms with Gasteiger partial charge in [-0.15, -0.1) is 0 Å². The first-order chi connectivity index (χ1) is 31.3. The lowest BCUT2D eigenvalue weighted by Crippen LogP contribution is -2.27. The van der Waals surface area contributed by atoms with Gasteiger partial charge in [0.05, 0.1) is 13.2 Å². The highest BCUT2D eigenvalue weighted by atomic mass is 31.2. The number of aliphatic hydroxyl groups is 1. The third-order valence-corrected chi connectivity index (χ3v) is 12.5. The van der Waals surface area contributed by atoms with Crippen molar-refractivity contribution in [2.45, 2.75) is 258 Å². The highest BCUT2D eigenvalue weighted by Crippen LogP contribution is 2.42. The average molecular weight is 922 g/mol. The molecule has 0 aliphatic heterocycles. The third-order valence-electron chi connectivity index (χ3n) is 11.5. The van der Waals surface area contributed by atoms with Crippen LogP contribution in [-0.4, -0.2) is 54.3 Å². The fraction of sp³-hybridized carbons (Fsp3) is 0.815. The van der Waals surface area contributed by atoms with Crippen LogP contribution < -0.4 is 5.32 Å². The molecule has 2 unspecified atom stereocenters. The number of ether oxygens (including phenoxy) is 1. The van der Waals surface area contributed by atoms with Gasteiger partial charge in [0, 0.05) is 19.4 Å². The maximum atomic E-state index is 12.2. The molecule has 3 N–H and O–H groups in total. The van der Waals surface area contributed by atoms with Gasteiger partial charge in [-0.05, 0) is 57.8 Å². The molecule has 0 saturated heterocycles. The van der Waals surface area contributed by atoms with E-state index in [0.717, 1.165) is 64.2 Å². The Labute approximate surface area is 394 Å². The first kappa shape index (κ1) is 62.0. The fourth-order valence-electron chi connectivity index (χ4n) is 7.48. The van der Waals surface area contributed by atoms with Gasteiger partial charge in [0.1, 0.15) is 12.7 Å². The van der Waals surface area contributed by atoms with Gasteiger partial charge in [-0.2, -0.15) is 0 Å². The molecule has 0 rings (SSSR count). The van der Waals surface area contributed by atoms with E-state index in [1.165, 1.54) is 161 Å². The van der Waals surface area contributed by atoms with E-state index in [-0.39, 0.29) is 32.1 Å². The third kappa shape index (κ3) is 51.0. The van der Waals surface area contributed by atoms with Crippen molar-refractivity contribution in [1.82, 2.24) is 5.32 Å². The van der Waals surface area contributed by atoms with E-state index in [2.05, 4.69) is 67.8 Å². The van der Waals surface area contributed by atoms with Crippen molar-refractivity contribution in [1.29, 1.82) is 0 Å². The number of allylic oxidation sites excluding steroid dienone is 8.